The molecule has 2 aromatic carbocycles. The quantitative estimate of drug-likeness (QED) is 0.504. The summed E-state index contributed by atoms with van der Waals surface area (Å²) in [6, 6.07) is 18.0. The van der Waals surface area contributed by atoms with Gasteiger partial charge in [-0.2, -0.15) is 0 Å². The maximum absolute atomic E-state index is 12.7. The number of para-hydroxylation sites is 1. The number of halogens is 1. The fourth-order valence-electron chi connectivity index (χ4n) is 2.87. The fourth-order valence-corrected chi connectivity index (χ4v) is 3.05. The van der Waals surface area contributed by atoms with Gasteiger partial charge in [0.2, 0.25) is 0 Å². The molecular formula is C23H23ClN2O3. The molecule has 5 nitrogen and oxygen atoms in total. The lowest BCUT2D eigenvalue weighted by Crippen LogP contribution is -2.15. The van der Waals surface area contributed by atoms with Crippen molar-refractivity contribution in [3.63, 3.8) is 0 Å². The monoisotopic (exact) mass is 410 g/mol. The van der Waals surface area contributed by atoms with E-state index in [4.69, 9.17) is 21.1 Å². The van der Waals surface area contributed by atoms with Gasteiger partial charge in [0.15, 0.2) is 0 Å². The number of carbonyl (C=O) groups excluding carboxylic acids is 1. The first-order valence-electron chi connectivity index (χ1n) is 9.41. The molecule has 1 amide bonds. The van der Waals surface area contributed by atoms with Crippen LogP contribution in [0.3, 0.4) is 0 Å². The van der Waals surface area contributed by atoms with E-state index in [9.17, 15) is 4.79 Å². The van der Waals surface area contributed by atoms with E-state index >= 15 is 0 Å². The van der Waals surface area contributed by atoms with Crippen molar-refractivity contribution in [3.8, 4) is 11.5 Å². The summed E-state index contributed by atoms with van der Waals surface area (Å²) in [4.78, 5) is 17.2. The zero-order valence-electron chi connectivity index (χ0n) is 16.6. The summed E-state index contributed by atoms with van der Waals surface area (Å²) < 4.78 is 11.4. The molecular weight excluding hydrogens is 388 g/mol. The SMILES string of the molecule is CCOC(C)c1ccc(C(=O)Nc2cccc(Oc3ccccc3Cl)c2)c(C)n1. The summed E-state index contributed by atoms with van der Waals surface area (Å²) in [6.45, 7) is 6.30. The van der Waals surface area contributed by atoms with Crippen LogP contribution in [0.15, 0.2) is 60.7 Å². The molecule has 29 heavy (non-hydrogen) atoms. The topological polar surface area (TPSA) is 60.5 Å². The third-order valence-electron chi connectivity index (χ3n) is 4.34. The Labute approximate surface area is 175 Å². The molecule has 0 aliphatic heterocycles. The Bertz CT molecular complexity index is 1010. The van der Waals surface area contributed by atoms with Crippen molar-refractivity contribution < 1.29 is 14.3 Å². The van der Waals surface area contributed by atoms with Crippen LogP contribution in [0.25, 0.3) is 0 Å². The van der Waals surface area contributed by atoms with Crippen LogP contribution >= 0.6 is 11.6 Å². The minimum atomic E-state index is -0.236. The molecule has 0 aliphatic carbocycles. The smallest absolute Gasteiger partial charge is 0.257 e. The van der Waals surface area contributed by atoms with E-state index in [-0.39, 0.29) is 12.0 Å². The standard InChI is InChI=1S/C23H23ClN2O3/c1-4-28-16(3)21-13-12-19(15(2)25-21)23(27)26-17-8-7-9-18(14-17)29-22-11-6-5-10-20(22)24/h5-14,16H,4H2,1-3H3,(H,26,27). The molecule has 6 heteroatoms. The number of amides is 1. The van der Waals surface area contributed by atoms with Gasteiger partial charge in [-0.25, -0.2) is 0 Å². The van der Waals surface area contributed by atoms with Crippen molar-refractivity contribution >= 4 is 23.2 Å². The second-order valence-electron chi connectivity index (χ2n) is 6.48. The number of rotatable bonds is 7. The second-order valence-corrected chi connectivity index (χ2v) is 6.89. The molecule has 1 aromatic heterocycles. The average Bonchev–Trinajstić information content (AvgIpc) is 2.70. The summed E-state index contributed by atoms with van der Waals surface area (Å²) in [5.41, 5.74) is 2.58. The zero-order valence-corrected chi connectivity index (χ0v) is 17.4. The van der Waals surface area contributed by atoms with Crippen LogP contribution in [0.5, 0.6) is 11.5 Å². The Kier molecular flexibility index (Phi) is 6.86. The van der Waals surface area contributed by atoms with Crippen LogP contribution in [-0.4, -0.2) is 17.5 Å². The van der Waals surface area contributed by atoms with Crippen molar-refractivity contribution in [1.29, 1.82) is 0 Å². The molecule has 1 heterocycles. The number of pyridine rings is 1. The first kappa shape index (κ1) is 20.8. The van der Waals surface area contributed by atoms with E-state index in [1.165, 1.54) is 0 Å². The van der Waals surface area contributed by atoms with Gasteiger partial charge in [-0.1, -0.05) is 29.8 Å². The van der Waals surface area contributed by atoms with E-state index in [1.807, 2.05) is 39.0 Å². The summed E-state index contributed by atoms with van der Waals surface area (Å²) in [6.07, 6.45) is -0.116. The highest BCUT2D eigenvalue weighted by Gasteiger charge is 2.14. The summed E-state index contributed by atoms with van der Waals surface area (Å²) in [5, 5.41) is 3.41. The summed E-state index contributed by atoms with van der Waals surface area (Å²) in [5.74, 6) is 0.892. The molecule has 0 spiro atoms. The van der Waals surface area contributed by atoms with Crippen molar-refractivity contribution in [2.75, 3.05) is 11.9 Å². The first-order valence-corrected chi connectivity index (χ1v) is 9.78. The largest absolute Gasteiger partial charge is 0.456 e. The molecule has 3 rings (SSSR count). The highest BCUT2D eigenvalue weighted by atomic mass is 35.5. The predicted octanol–water partition coefficient (Wildman–Crippen LogP) is 6.19. The van der Waals surface area contributed by atoms with E-state index in [0.29, 0.717) is 40.1 Å². The molecule has 1 atom stereocenters. The minimum absolute atomic E-state index is 0.116. The highest BCUT2D eigenvalue weighted by Crippen LogP contribution is 2.30. The molecule has 0 saturated heterocycles. The molecule has 0 aliphatic rings. The van der Waals surface area contributed by atoms with Crippen LogP contribution < -0.4 is 10.1 Å². The van der Waals surface area contributed by atoms with Gasteiger partial charge >= 0.3 is 0 Å². The van der Waals surface area contributed by atoms with Crippen molar-refractivity contribution in [3.05, 3.63) is 82.6 Å². The van der Waals surface area contributed by atoms with Gasteiger partial charge in [-0.3, -0.25) is 9.78 Å². The maximum atomic E-state index is 12.7. The molecule has 3 aromatic rings. The third-order valence-corrected chi connectivity index (χ3v) is 4.65. The zero-order chi connectivity index (χ0) is 20.8. The number of aromatic nitrogens is 1. The normalized spacial score (nSPS) is 11.7. The Morgan fingerprint density at radius 3 is 2.66 bits per heavy atom. The molecule has 1 unspecified atom stereocenters. The van der Waals surface area contributed by atoms with Gasteiger partial charge < -0.3 is 14.8 Å². The molecule has 0 fully saturated rings. The maximum Gasteiger partial charge on any atom is 0.257 e. The minimum Gasteiger partial charge on any atom is -0.456 e. The molecule has 150 valence electrons. The summed E-state index contributed by atoms with van der Waals surface area (Å²) in [7, 11) is 0. The van der Waals surface area contributed by atoms with Crippen molar-refractivity contribution in [2.24, 2.45) is 0 Å². The van der Waals surface area contributed by atoms with Crippen LogP contribution in [-0.2, 0) is 4.74 Å². The van der Waals surface area contributed by atoms with Crippen LogP contribution in [0.2, 0.25) is 5.02 Å². The number of hydrogen-bond acceptors (Lipinski definition) is 4. The van der Waals surface area contributed by atoms with Crippen molar-refractivity contribution in [2.45, 2.75) is 26.9 Å². The lowest BCUT2D eigenvalue weighted by atomic mass is 10.1. The van der Waals surface area contributed by atoms with Gasteiger partial charge in [-0.05, 0) is 57.2 Å². The van der Waals surface area contributed by atoms with E-state index in [2.05, 4.69) is 10.3 Å². The third kappa shape index (κ3) is 5.34. The number of anilines is 1. The Balaban J connectivity index is 1.73. The fraction of sp³-hybridized carbons (Fsp3) is 0.217. The Morgan fingerprint density at radius 2 is 1.93 bits per heavy atom. The number of carbonyl (C=O) groups is 1. The van der Waals surface area contributed by atoms with Gasteiger partial charge in [0, 0.05) is 18.4 Å². The first-order chi connectivity index (χ1) is 14.0. The van der Waals surface area contributed by atoms with Gasteiger partial charge in [0.05, 0.1) is 28.1 Å². The predicted molar refractivity (Wildman–Crippen MR) is 115 cm³/mol. The van der Waals surface area contributed by atoms with Crippen molar-refractivity contribution in [1.82, 2.24) is 4.98 Å². The van der Waals surface area contributed by atoms with Gasteiger partial charge in [0.25, 0.3) is 5.91 Å². The molecule has 0 bridgehead atoms. The van der Waals surface area contributed by atoms with Gasteiger partial charge in [0.1, 0.15) is 11.5 Å². The van der Waals surface area contributed by atoms with Crippen LogP contribution in [0, 0.1) is 6.92 Å². The Hall–Kier alpha value is -2.89. The van der Waals surface area contributed by atoms with E-state index in [1.54, 1.807) is 42.5 Å². The van der Waals surface area contributed by atoms with Crippen LogP contribution in [0.4, 0.5) is 5.69 Å². The molecule has 1 N–H and O–H groups in total. The van der Waals surface area contributed by atoms with Crippen LogP contribution in [0.1, 0.15) is 41.7 Å². The lowest BCUT2D eigenvalue weighted by molar-refractivity contribution is 0.0732. The second kappa shape index (κ2) is 9.54. The number of benzene rings is 2. The van der Waals surface area contributed by atoms with E-state index < -0.39 is 0 Å². The number of ether oxygens (including phenoxy) is 2. The number of nitrogens with one attached hydrogen (secondary N) is 1. The highest BCUT2D eigenvalue weighted by molar-refractivity contribution is 6.32. The average molecular weight is 411 g/mol. The number of aryl methyl sites for hydroxylation is 1. The van der Waals surface area contributed by atoms with E-state index in [0.717, 1.165) is 5.69 Å². The molecule has 0 radical (unpaired) electrons. The lowest BCUT2D eigenvalue weighted by Gasteiger charge is -2.14. The Morgan fingerprint density at radius 1 is 1.14 bits per heavy atom. The number of hydrogen-bond donors (Lipinski definition) is 1. The summed E-state index contributed by atoms with van der Waals surface area (Å²) >= 11 is 6.14. The molecule has 0 saturated carbocycles. The van der Waals surface area contributed by atoms with Gasteiger partial charge in [-0.15, -0.1) is 0 Å². The number of nitrogens with zero attached hydrogens (tertiary/aromatic N) is 1.